The van der Waals surface area contributed by atoms with Crippen LogP contribution >= 0.6 is 0 Å². The highest BCUT2D eigenvalue weighted by molar-refractivity contribution is 5.77. The summed E-state index contributed by atoms with van der Waals surface area (Å²) < 4.78 is 5.33. The minimum absolute atomic E-state index is 0.360. The van der Waals surface area contributed by atoms with Gasteiger partial charge in [-0.3, -0.25) is 4.79 Å². The molecule has 4 heteroatoms. The average molecular weight is 265 g/mol. The number of hydrogen-bond donors (Lipinski definition) is 2. The lowest BCUT2D eigenvalue weighted by Gasteiger charge is -2.19. The van der Waals surface area contributed by atoms with Crippen molar-refractivity contribution in [3.8, 4) is 5.75 Å². The van der Waals surface area contributed by atoms with E-state index in [1.807, 2.05) is 12.1 Å². The number of hydrogen-bond acceptors (Lipinski definition) is 3. The number of aliphatic carboxylic acids is 1. The predicted molar refractivity (Wildman–Crippen MR) is 75.6 cm³/mol. The quantitative estimate of drug-likeness (QED) is 0.829. The maximum absolute atomic E-state index is 11.0. The van der Waals surface area contributed by atoms with Crippen molar-refractivity contribution in [3.05, 3.63) is 29.3 Å². The molecule has 0 aliphatic rings. The summed E-state index contributed by atoms with van der Waals surface area (Å²) >= 11 is 0. The van der Waals surface area contributed by atoms with Gasteiger partial charge in [-0.2, -0.15) is 0 Å². The first-order valence-electron chi connectivity index (χ1n) is 6.47. The summed E-state index contributed by atoms with van der Waals surface area (Å²) in [4.78, 5) is 11.0. The zero-order chi connectivity index (χ0) is 14.6. The molecule has 0 spiro atoms. The first kappa shape index (κ1) is 15.5. The minimum Gasteiger partial charge on any atom is -0.496 e. The summed E-state index contributed by atoms with van der Waals surface area (Å²) in [6.45, 7) is 5.75. The van der Waals surface area contributed by atoms with Crippen LogP contribution in [0.15, 0.2) is 18.2 Å². The molecule has 0 radical (unpaired) electrons. The molecule has 0 saturated heterocycles. The summed E-state index contributed by atoms with van der Waals surface area (Å²) in [5.41, 5.74) is 6.77. The van der Waals surface area contributed by atoms with Gasteiger partial charge in [0.15, 0.2) is 0 Å². The summed E-state index contributed by atoms with van der Waals surface area (Å²) in [5, 5.41) is 9.00. The third kappa shape index (κ3) is 3.96. The van der Waals surface area contributed by atoms with Crippen molar-refractivity contribution in [1.29, 1.82) is 0 Å². The van der Waals surface area contributed by atoms with Crippen molar-refractivity contribution < 1.29 is 14.6 Å². The number of aryl methyl sites for hydroxylation is 1. The van der Waals surface area contributed by atoms with E-state index in [1.54, 1.807) is 14.0 Å². The Labute approximate surface area is 114 Å². The SMILES string of the molecule is COc1ccc(CCC(C)(N)C(=O)O)cc1C(C)C. The lowest BCUT2D eigenvalue weighted by molar-refractivity contribution is -0.142. The second kappa shape index (κ2) is 6.06. The van der Waals surface area contributed by atoms with Gasteiger partial charge in [0.2, 0.25) is 0 Å². The van der Waals surface area contributed by atoms with Crippen molar-refractivity contribution in [2.75, 3.05) is 7.11 Å². The number of carboxylic acids is 1. The summed E-state index contributed by atoms with van der Waals surface area (Å²) in [6.07, 6.45) is 1.05. The van der Waals surface area contributed by atoms with Crippen molar-refractivity contribution in [3.63, 3.8) is 0 Å². The molecular weight excluding hydrogens is 242 g/mol. The fourth-order valence-electron chi connectivity index (χ4n) is 1.90. The largest absolute Gasteiger partial charge is 0.496 e. The topological polar surface area (TPSA) is 72.5 Å². The molecule has 0 aliphatic heterocycles. The highest BCUT2D eigenvalue weighted by atomic mass is 16.5. The van der Waals surface area contributed by atoms with Crippen molar-refractivity contribution in [2.45, 2.75) is 45.1 Å². The first-order chi connectivity index (χ1) is 8.77. The zero-order valence-electron chi connectivity index (χ0n) is 12.1. The van der Waals surface area contributed by atoms with Crippen LogP contribution in [-0.4, -0.2) is 23.7 Å². The molecule has 4 nitrogen and oxygen atoms in total. The van der Waals surface area contributed by atoms with E-state index in [0.717, 1.165) is 16.9 Å². The standard InChI is InChI=1S/C15H23NO3/c1-10(2)12-9-11(5-6-13(12)19-4)7-8-15(3,16)14(17)18/h5-6,9-10H,7-8,16H2,1-4H3,(H,17,18). The van der Waals surface area contributed by atoms with Crippen molar-refractivity contribution in [2.24, 2.45) is 5.73 Å². The van der Waals surface area contributed by atoms with Gasteiger partial charge >= 0.3 is 5.97 Å². The molecule has 0 bridgehead atoms. The van der Waals surface area contributed by atoms with Gasteiger partial charge in [-0.1, -0.05) is 26.0 Å². The molecule has 1 aromatic carbocycles. The zero-order valence-corrected chi connectivity index (χ0v) is 12.1. The van der Waals surface area contributed by atoms with Crippen LogP contribution in [0.3, 0.4) is 0 Å². The van der Waals surface area contributed by atoms with E-state index >= 15 is 0 Å². The summed E-state index contributed by atoms with van der Waals surface area (Å²) in [6, 6.07) is 5.96. The van der Waals surface area contributed by atoms with E-state index in [0.29, 0.717) is 18.8 Å². The molecule has 0 amide bonds. The minimum atomic E-state index is -1.18. The first-order valence-corrected chi connectivity index (χ1v) is 6.47. The Morgan fingerprint density at radius 2 is 2.11 bits per heavy atom. The molecule has 106 valence electrons. The number of ether oxygens (including phenoxy) is 1. The van der Waals surface area contributed by atoms with Crippen molar-refractivity contribution >= 4 is 5.97 Å². The second-order valence-electron chi connectivity index (χ2n) is 5.45. The van der Waals surface area contributed by atoms with Gasteiger partial charge in [0.25, 0.3) is 0 Å². The highest BCUT2D eigenvalue weighted by Gasteiger charge is 2.27. The van der Waals surface area contributed by atoms with Crippen LogP contribution < -0.4 is 10.5 Å². The van der Waals surface area contributed by atoms with Crippen LogP contribution in [0.5, 0.6) is 5.75 Å². The van der Waals surface area contributed by atoms with Gasteiger partial charge in [0, 0.05) is 0 Å². The Morgan fingerprint density at radius 1 is 1.47 bits per heavy atom. The Morgan fingerprint density at radius 3 is 2.58 bits per heavy atom. The smallest absolute Gasteiger partial charge is 0.323 e. The van der Waals surface area contributed by atoms with Crippen LogP contribution in [0.4, 0.5) is 0 Å². The monoisotopic (exact) mass is 265 g/mol. The number of carbonyl (C=O) groups is 1. The van der Waals surface area contributed by atoms with Crippen LogP contribution in [0, 0.1) is 0 Å². The molecule has 0 aliphatic carbocycles. The Balaban J connectivity index is 2.86. The third-order valence-corrected chi connectivity index (χ3v) is 3.34. The fourth-order valence-corrected chi connectivity index (χ4v) is 1.90. The lowest BCUT2D eigenvalue weighted by atomic mass is 9.92. The van der Waals surface area contributed by atoms with Gasteiger partial charge in [-0.15, -0.1) is 0 Å². The summed E-state index contributed by atoms with van der Waals surface area (Å²) in [5.74, 6) is 0.260. The number of benzene rings is 1. The number of rotatable bonds is 6. The Bertz CT molecular complexity index is 453. The van der Waals surface area contributed by atoms with E-state index in [1.165, 1.54) is 0 Å². The fraction of sp³-hybridized carbons (Fsp3) is 0.533. The maximum Gasteiger partial charge on any atom is 0.323 e. The van der Waals surface area contributed by atoms with Gasteiger partial charge in [0.05, 0.1) is 7.11 Å². The van der Waals surface area contributed by atoms with E-state index in [9.17, 15) is 4.79 Å². The van der Waals surface area contributed by atoms with Gasteiger partial charge < -0.3 is 15.6 Å². The molecule has 1 unspecified atom stereocenters. The van der Waals surface area contributed by atoms with E-state index < -0.39 is 11.5 Å². The summed E-state index contributed by atoms with van der Waals surface area (Å²) in [7, 11) is 1.66. The molecule has 0 heterocycles. The van der Waals surface area contributed by atoms with Gasteiger partial charge in [0.1, 0.15) is 11.3 Å². The van der Waals surface area contributed by atoms with Gasteiger partial charge in [-0.25, -0.2) is 0 Å². The van der Waals surface area contributed by atoms with Crippen LogP contribution in [0.25, 0.3) is 0 Å². The molecule has 0 saturated carbocycles. The number of nitrogens with two attached hydrogens (primary N) is 1. The molecule has 0 fully saturated rings. The van der Waals surface area contributed by atoms with Crippen LogP contribution in [0.2, 0.25) is 0 Å². The molecule has 0 aromatic heterocycles. The third-order valence-electron chi connectivity index (χ3n) is 3.34. The molecule has 1 rings (SSSR count). The molecule has 19 heavy (non-hydrogen) atoms. The van der Waals surface area contributed by atoms with Crippen molar-refractivity contribution in [1.82, 2.24) is 0 Å². The Hall–Kier alpha value is -1.55. The number of methoxy groups -OCH3 is 1. The van der Waals surface area contributed by atoms with Gasteiger partial charge in [-0.05, 0) is 42.9 Å². The molecule has 1 atom stereocenters. The van der Waals surface area contributed by atoms with E-state index in [2.05, 4.69) is 19.9 Å². The Kier molecular flexibility index (Phi) is 4.95. The molecule has 3 N–H and O–H groups in total. The molecular formula is C15H23NO3. The second-order valence-corrected chi connectivity index (χ2v) is 5.45. The number of carboxylic acid groups (broad SMARTS) is 1. The lowest BCUT2D eigenvalue weighted by Crippen LogP contribution is -2.45. The van der Waals surface area contributed by atoms with Crippen LogP contribution in [-0.2, 0) is 11.2 Å². The predicted octanol–water partition coefficient (Wildman–Crippen LogP) is 2.55. The van der Waals surface area contributed by atoms with E-state index in [-0.39, 0.29) is 0 Å². The normalized spacial score (nSPS) is 14.2. The molecule has 1 aromatic rings. The average Bonchev–Trinajstić information content (AvgIpc) is 2.35. The van der Waals surface area contributed by atoms with E-state index in [4.69, 9.17) is 15.6 Å². The highest BCUT2D eigenvalue weighted by Crippen LogP contribution is 2.28. The van der Waals surface area contributed by atoms with Crippen LogP contribution in [0.1, 0.15) is 44.2 Å². The maximum atomic E-state index is 11.0.